The average Bonchev–Trinajstić information content (AvgIpc) is 3.08. The lowest BCUT2D eigenvalue weighted by molar-refractivity contribution is -0.0500. The molecule has 0 spiro atoms. The third-order valence-corrected chi connectivity index (χ3v) is 7.22. The zero-order valence-electron chi connectivity index (χ0n) is 25.3. The molecule has 2 aromatic carbocycles. The van der Waals surface area contributed by atoms with E-state index < -0.39 is 26.9 Å². The molecule has 11 nitrogen and oxygen atoms in total. The second kappa shape index (κ2) is 17.4. The van der Waals surface area contributed by atoms with Gasteiger partial charge in [-0.05, 0) is 53.5 Å². The van der Waals surface area contributed by atoms with Gasteiger partial charge in [0.25, 0.3) is 0 Å². The second-order valence-corrected chi connectivity index (χ2v) is 12.0. The zero-order chi connectivity index (χ0) is 35.4. The number of nitrogens with zero attached hydrogens (tertiary/aromatic N) is 6. The number of pyridine rings is 2. The summed E-state index contributed by atoms with van der Waals surface area (Å²) in [5, 5.41) is 35.3. The highest BCUT2D eigenvalue weighted by atomic mass is 32.2. The van der Waals surface area contributed by atoms with Crippen molar-refractivity contribution in [2.75, 3.05) is 13.2 Å². The van der Waals surface area contributed by atoms with Crippen molar-refractivity contribution in [3.05, 3.63) is 108 Å². The van der Waals surface area contributed by atoms with Crippen LogP contribution < -0.4 is 9.65 Å². The maximum absolute atomic E-state index is 12.1. The monoisotopic (exact) mass is 688 g/mol. The van der Waals surface area contributed by atoms with E-state index in [1.807, 2.05) is 36.4 Å². The molecule has 2 aromatic heterocycles. The number of hydrogen-bond acceptors (Lipinski definition) is 11. The fourth-order valence-electron chi connectivity index (χ4n) is 3.92. The van der Waals surface area contributed by atoms with Gasteiger partial charge in [0.1, 0.15) is 29.8 Å². The van der Waals surface area contributed by atoms with Crippen LogP contribution in [0.2, 0.25) is 0 Å². The average molecular weight is 688 g/mol. The van der Waals surface area contributed by atoms with E-state index in [9.17, 15) is 21.6 Å². The highest BCUT2D eigenvalue weighted by Crippen LogP contribution is 2.30. The van der Waals surface area contributed by atoms with Crippen LogP contribution in [0.3, 0.4) is 0 Å². The molecule has 5 rings (SSSR count). The normalized spacial score (nSPS) is 13.1. The number of nitriles is 4. The Hall–Kier alpha value is -5.78. The van der Waals surface area contributed by atoms with Crippen molar-refractivity contribution in [3.63, 3.8) is 0 Å². The van der Waals surface area contributed by atoms with Crippen LogP contribution in [-0.4, -0.2) is 44.2 Å². The van der Waals surface area contributed by atoms with Gasteiger partial charge in [-0.25, -0.2) is 0 Å². The van der Waals surface area contributed by atoms with Crippen LogP contribution in [0, 0.1) is 50.7 Å². The fourth-order valence-corrected chi connectivity index (χ4v) is 4.39. The first-order valence-electron chi connectivity index (χ1n) is 13.7. The molecule has 0 N–H and O–H groups in total. The lowest BCUT2D eigenvalue weighted by atomic mass is 9.76. The Labute approximate surface area is 282 Å². The number of aromatic nitrogens is 2. The predicted molar refractivity (Wildman–Crippen MR) is 173 cm³/mol. The summed E-state index contributed by atoms with van der Waals surface area (Å²) >= 11 is 0. The predicted octanol–water partition coefficient (Wildman–Crippen LogP) is 5.64. The molecule has 1 fully saturated rings. The molecule has 0 saturated carbocycles. The van der Waals surface area contributed by atoms with Gasteiger partial charge in [-0.2, -0.15) is 42.6 Å². The molecule has 0 amide bonds. The van der Waals surface area contributed by atoms with Gasteiger partial charge in [0.05, 0.1) is 16.7 Å². The number of benzene rings is 2. The van der Waals surface area contributed by atoms with Gasteiger partial charge in [-0.1, -0.05) is 39.5 Å². The Morgan fingerprint density at radius 2 is 1.27 bits per heavy atom. The molecule has 1 aliphatic heterocycles. The van der Waals surface area contributed by atoms with Crippen molar-refractivity contribution in [2.24, 2.45) is 5.41 Å². The van der Waals surface area contributed by atoms with Crippen molar-refractivity contribution in [2.45, 2.75) is 26.8 Å². The molecule has 3 heterocycles. The lowest BCUT2D eigenvalue weighted by Gasteiger charge is -2.33. The third kappa shape index (κ3) is 10.6. The molecule has 16 heteroatoms. The molecular weight excluding hydrogens is 660 g/mol. The van der Waals surface area contributed by atoms with E-state index >= 15 is 0 Å². The number of hydrogen-bond donors (Lipinski definition) is 0. The molecule has 1 saturated heterocycles. The maximum atomic E-state index is 12.1. The SMILES string of the molecule is C.CC1(C)COB(c2ccncc2)OC1.N#Cc1cccc(-c2ccncc2)c1C#N.N#Cc1cccc(OS(=O)(=O)C(F)(F)F)c1C#N. The first-order chi connectivity index (χ1) is 22.8. The van der Waals surface area contributed by atoms with Gasteiger partial charge in [-0.3, -0.25) is 9.97 Å². The minimum absolute atomic E-state index is 0. The molecule has 0 unspecified atom stereocenters. The Kier molecular flexibility index (Phi) is 14.0. The fraction of sp³-hybridized carbons (Fsp3) is 0.212. The molecule has 0 bridgehead atoms. The van der Waals surface area contributed by atoms with Gasteiger partial charge in [0, 0.05) is 49.0 Å². The van der Waals surface area contributed by atoms with E-state index in [0.717, 1.165) is 48.0 Å². The quantitative estimate of drug-likeness (QED) is 0.147. The second-order valence-electron chi connectivity index (χ2n) is 10.5. The number of halogens is 3. The standard InChI is InChI=1S/C13H7N3.C10H14BNO2.C9H3F3N2O3S.CH4/c14-8-11-2-1-3-12(13(11)9-15)10-4-6-16-7-5-10;1-10(2)7-13-11(14-8-10)9-3-5-12-6-4-9;10-9(11,12)18(15,16)17-8-3-1-2-6(4-13)7(8)5-14;/h1-7H;3-6H,7-8H2,1-2H3;1-3H;1H4. The summed E-state index contributed by atoms with van der Waals surface area (Å²) in [5.41, 5.74) is -2.83. The van der Waals surface area contributed by atoms with Crippen molar-refractivity contribution < 1.29 is 35.1 Å². The Bertz CT molecular complexity index is 2000. The van der Waals surface area contributed by atoms with Crippen molar-refractivity contribution in [1.29, 1.82) is 21.0 Å². The molecule has 4 aromatic rings. The van der Waals surface area contributed by atoms with E-state index in [1.54, 1.807) is 36.9 Å². The molecule has 0 aliphatic carbocycles. The molecule has 49 heavy (non-hydrogen) atoms. The summed E-state index contributed by atoms with van der Waals surface area (Å²) < 4.78 is 72.8. The van der Waals surface area contributed by atoms with E-state index in [4.69, 9.17) is 30.4 Å². The minimum Gasteiger partial charge on any atom is -0.407 e. The Morgan fingerprint density at radius 1 is 0.776 bits per heavy atom. The molecule has 1 aliphatic rings. The maximum Gasteiger partial charge on any atom is 0.534 e. The van der Waals surface area contributed by atoms with E-state index in [1.165, 1.54) is 12.1 Å². The van der Waals surface area contributed by atoms with Gasteiger partial charge >= 0.3 is 22.7 Å². The van der Waals surface area contributed by atoms with Crippen LogP contribution in [-0.2, 0) is 19.4 Å². The summed E-state index contributed by atoms with van der Waals surface area (Å²) in [6.45, 7) is 5.74. The van der Waals surface area contributed by atoms with E-state index in [2.05, 4.69) is 34.1 Å². The number of rotatable bonds is 4. The Morgan fingerprint density at radius 3 is 1.76 bits per heavy atom. The van der Waals surface area contributed by atoms with Gasteiger partial charge < -0.3 is 13.5 Å². The lowest BCUT2D eigenvalue weighted by Crippen LogP contribution is -2.47. The van der Waals surface area contributed by atoms with Crippen LogP contribution in [0.5, 0.6) is 5.75 Å². The topological polar surface area (TPSA) is 183 Å². The number of alkyl halides is 3. The zero-order valence-corrected chi connectivity index (χ0v) is 26.2. The highest BCUT2D eigenvalue weighted by molar-refractivity contribution is 7.88. The highest BCUT2D eigenvalue weighted by Gasteiger charge is 2.49. The van der Waals surface area contributed by atoms with Crippen molar-refractivity contribution in [1.82, 2.24) is 9.97 Å². The summed E-state index contributed by atoms with van der Waals surface area (Å²) in [6.07, 6.45) is 6.83. The molecule has 0 atom stereocenters. The van der Waals surface area contributed by atoms with Crippen LogP contribution in [0.4, 0.5) is 13.2 Å². The third-order valence-electron chi connectivity index (χ3n) is 6.26. The summed E-state index contributed by atoms with van der Waals surface area (Å²) in [4.78, 5) is 7.88. The smallest absolute Gasteiger partial charge is 0.407 e. The van der Waals surface area contributed by atoms with Crippen LogP contribution in [0.15, 0.2) is 85.5 Å². The summed E-state index contributed by atoms with van der Waals surface area (Å²) in [7, 11) is -6.09. The molecule has 0 radical (unpaired) electrons. The van der Waals surface area contributed by atoms with Gasteiger partial charge in [0.15, 0.2) is 5.75 Å². The molecule has 250 valence electrons. The van der Waals surface area contributed by atoms with Gasteiger partial charge in [-0.15, -0.1) is 0 Å². The van der Waals surface area contributed by atoms with Crippen molar-refractivity contribution >= 4 is 22.7 Å². The molecular formula is C33H28BF3N6O5S. The Balaban J connectivity index is 0.000000254. The van der Waals surface area contributed by atoms with Crippen molar-refractivity contribution in [3.8, 4) is 41.2 Å². The minimum atomic E-state index is -5.87. The first-order valence-corrected chi connectivity index (χ1v) is 15.1. The van der Waals surface area contributed by atoms with Crippen LogP contribution in [0.1, 0.15) is 43.5 Å². The van der Waals surface area contributed by atoms with E-state index in [0.29, 0.717) is 11.1 Å². The van der Waals surface area contributed by atoms with Crippen LogP contribution in [0.25, 0.3) is 11.1 Å². The first kappa shape index (κ1) is 39.4. The summed E-state index contributed by atoms with van der Waals surface area (Å²) in [5.74, 6) is -0.839. The summed E-state index contributed by atoms with van der Waals surface area (Å²) in [6, 6.07) is 22.8. The van der Waals surface area contributed by atoms with Crippen LogP contribution >= 0.6 is 0 Å². The van der Waals surface area contributed by atoms with Gasteiger partial charge in [0.2, 0.25) is 0 Å². The van der Waals surface area contributed by atoms with E-state index in [-0.39, 0.29) is 25.5 Å². The largest absolute Gasteiger partial charge is 0.534 e.